The number of halogens is 3. The van der Waals surface area contributed by atoms with Crippen LogP contribution < -0.4 is 5.14 Å². The Balaban J connectivity index is 1.62. The molecule has 0 amide bonds. The van der Waals surface area contributed by atoms with Crippen molar-refractivity contribution in [2.75, 3.05) is 25.4 Å². The zero-order chi connectivity index (χ0) is 20.8. The third kappa shape index (κ3) is 4.54. The molecule has 12 heteroatoms. The van der Waals surface area contributed by atoms with E-state index in [1.807, 2.05) is 6.07 Å². The van der Waals surface area contributed by atoms with E-state index in [9.17, 15) is 21.6 Å². The highest BCUT2D eigenvalue weighted by molar-refractivity contribution is 7.89. The average Bonchev–Trinajstić information content (AvgIpc) is 3.24. The molecule has 1 unspecified atom stereocenters. The van der Waals surface area contributed by atoms with Gasteiger partial charge in [0.25, 0.3) is 0 Å². The quantitative estimate of drug-likeness (QED) is 0.572. The molecule has 1 aliphatic rings. The number of hydrogen-bond donors (Lipinski definition) is 3. The summed E-state index contributed by atoms with van der Waals surface area (Å²) in [7, 11) is -3.81. The SMILES string of the molecule is NS(=O)(=O)CC(c1nc2c(cnc3[nH]ccc32)[nH]1)C1CCN(CC(F)(F)F)CC1. The summed E-state index contributed by atoms with van der Waals surface area (Å²) in [6, 6.07) is 1.83. The second kappa shape index (κ2) is 7.26. The number of nitrogens with zero attached hydrogens (tertiary/aromatic N) is 3. The van der Waals surface area contributed by atoms with Crippen LogP contribution in [0.1, 0.15) is 24.6 Å². The minimum Gasteiger partial charge on any atom is -0.346 e. The summed E-state index contributed by atoms with van der Waals surface area (Å²) >= 11 is 0. The van der Waals surface area contributed by atoms with Gasteiger partial charge in [0.05, 0.1) is 24.0 Å². The summed E-state index contributed by atoms with van der Waals surface area (Å²) in [5.74, 6) is -0.522. The number of rotatable bonds is 5. The molecule has 1 fully saturated rings. The Morgan fingerprint density at radius 3 is 2.69 bits per heavy atom. The molecule has 0 bridgehead atoms. The number of alkyl halides is 3. The number of sulfonamides is 1. The molecule has 8 nitrogen and oxygen atoms in total. The first kappa shape index (κ1) is 20.1. The maximum atomic E-state index is 12.6. The topological polar surface area (TPSA) is 121 Å². The second-order valence-electron chi connectivity index (χ2n) is 7.55. The number of primary sulfonamides is 1. The number of fused-ring (bicyclic) bond motifs is 3. The fourth-order valence-electron chi connectivity index (χ4n) is 4.12. The third-order valence-corrected chi connectivity index (χ3v) is 6.24. The lowest BCUT2D eigenvalue weighted by molar-refractivity contribution is -0.148. The van der Waals surface area contributed by atoms with Crippen molar-refractivity contribution in [2.24, 2.45) is 11.1 Å². The molecule has 158 valence electrons. The number of H-pyrrole nitrogens is 2. The summed E-state index contributed by atoms with van der Waals surface area (Å²) in [4.78, 5) is 16.4. The summed E-state index contributed by atoms with van der Waals surface area (Å²) in [5.41, 5.74) is 2.00. The Kier molecular flexibility index (Phi) is 5.03. The first-order chi connectivity index (χ1) is 13.6. The highest BCUT2D eigenvalue weighted by Crippen LogP contribution is 2.35. The van der Waals surface area contributed by atoms with Crippen LogP contribution in [0.4, 0.5) is 13.2 Å². The van der Waals surface area contributed by atoms with Crippen molar-refractivity contribution < 1.29 is 21.6 Å². The fourth-order valence-corrected chi connectivity index (χ4v) is 5.05. The number of nitrogens with two attached hydrogens (primary N) is 1. The molecule has 4 heterocycles. The summed E-state index contributed by atoms with van der Waals surface area (Å²) < 4.78 is 61.6. The number of hydrogen-bond acceptors (Lipinski definition) is 5. The van der Waals surface area contributed by atoms with Crippen LogP contribution in [-0.2, 0) is 10.0 Å². The van der Waals surface area contributed by atoms with Crippen LogP contribution in [0.2, 0.25) is 0 Å². The molecule has 0 spiro atoms. The number of pyridine rings is 1. The van der Waals surface area contributed by atoms with Crippen LogP contribution in [0, 0.1) is 5.92 Å². The van der Waals surface area contributed by atoms with E-state index in [1.165, 1.54) is 4.90 Å². The van der Waals surface area contributed by atoms with E-state index < -0.39 is 28.7 Å². The first-order valence-corrected chi connectivity index (χ1v) is 10.9. The predicted octanol–water partition coefficient (Wildman–Crippen LogP) is 2.09. The maximum absolute atomic E-state index is 12.6. The second-order valence-corrected chi connectivity index (χ2v) is 9.21. The van der Waals surface area contributed by atoms with Crippen LogP contribution in [0.25, 0.3) is 22.1 Å². The smallest absolute Gasteiger partial charge is 0.346 e. The number of likely N-dealkylation sites (tertiary alicyclic amines) is 1. The van der Waals surface area contributed by atoms with E-state index in [-0.39, 0.29) is 24.8 Å². The lowest BCUT2D eigenvalue weighted by Crippen LogP contribution is -2.42. The molecule has 0 saturated carbocycles. The standard InChI is InChI=1S/C17H21F3N6O2S/c18-17(19,20)9-26-5-2-10(3-6-26)12(8-29(21,27)28)16-24-13-7-23-15-11(1-4-22-15)14(13)25-16/h1,4,7,10,12H,2-3,5-6,8-9H2,(H,22,23)(H,24,25)(H2,21,27,28). The van der Waals surface area contributed by atoms with Gasteiger partial charge in [-0.2, -0.15) is 13.2 Å². The number of imidazole rings is 1. The maximum Gasteiger partial charge on any atom is 0.401 e. The van der Waals surface area contributed by atoms with E-state index in [0.717, 1.165) is 5.39 Å². The number of nitrogens with one attached hydrogen (secondary N) is 2. The van der Waals surface area contributed by atoms with Crippen molar-refractivity contribution in [1.82, 2.24) is 24.8 Å². The Hall–Kier alpha value is -2.18. The molecule has 29 heavy (non-hydrogen) atoms. The Bertz CT molecular complexity index is 1120. The van der Waals surface area contributed by atoms with E-state index >= 15 is 0 Å². The van der Waals surface area contributed by atoms with Gasteiger partial charge in [-0.05, 0) is 37.9 Å². The molecule has 4 rings (SSSR count). The molecule has 0 radical (unpaired) electrons. The van der Waals surface area contributed by atoms with Crippen molar-refractivity contribution in [1.29, 1.82) is 0 Å². The normalized spacial score (nSPS) is 18.6. The lowest BCUT2D eigenvalue weighted by atomic mass is 9.85. The molecule has 1 aliphatic heterocycles. The van der Waals surface area contributed by atoms with Crippen LogP contribution in [-0.4, -0.2) is 64.8 Å². The van der Waals surface area contributed by atoms with Gasteiger partial charge in [0.15, 0.2) is 0 Å². The van der Waals surface area contributed by atoms with Crippen LogP contribution in [0.3, 0.4) is 0 Å². The molecule has 3 aromatic heterocycles. The zero-order valence-electron chi connectivity index (χ0n) is 15.4. The van der Waals surface area contributed by atoms with Crippen LogP contribution >= 0.6 is 0 Å². The highest BCUT2D eigenvalue weighted by atomic mass is 32.2. The number of aromatic amines is 2. The molecule has 1 atom stereocenters. The first-order valence-electron chi connectivity index (χ1n) is 9.20. The molecular formula is C17H21F3N6O2S. The van der Waals surface area contributed by atoms with Gasteiger partial charge in [0.1, 0.15) is 17.0 Å². The van der Waals surface area contributed by atoms with Crippen molar-refractivity contribution in [3.05, 3.63) is 24.3 Å². The van der Waals surface area contributed by atoms with E-state index in [0.29, 0.717) is 35.3 Å². The van der Waals surface area contributed by atoms with E-state index in [2.05, 4.69) is 19.9 Å². The predicted molar refractivity (Wildman–Crippen MR) is 102 cm³/mol. The van der Waals surface area contributed by atoms with Crippen LogP contribution in [0.5, 0.6) is 0 Å². The highest BCUT2D eigenvalue weighted by Gasteiger charge is 2.36. The minimum atomic E-state index is -4.25. The minimum absolute atomic E-state index is 0.145. The molecular weight excluding hydrogens is 409 g/mol. The number of piperidine rings is 1. The van der Waals surface area contributed by atoms with Gasteiger partial charge in [-0.15, -0.1) is 0 Å². The molecule has 0 aromatic carbocycles. The monoisotopic (exact) mass is 430 g/mol. The van der Waals surface area contributed by atoms with Crippen molar-refractivity contribution in [3.63, 3.8) is 0 Å². The Morgan fingerprint density at radius 2 is 2.03 bits per heavy atom. The van der Waals surface area contributed by atoms with Crippen molar-refractivity contribution in [3.8, 4) is 0 Å². The average molecular weight is 430 g/mol. The van der Waals surface area contributed by atoms with Crippen molar-refractivity contribution in [2.45, 2.75) is 24.9 Å². The molecule has 3 aromatic rings. The summed E-state index contributed by atoms with van der Waals surface area (Å²) in [6.07, 6.45) is -0.0228. The van der Waals surface area contributed by atoms with Crippen molar-refractivity contribution >= 4 is 32.1 Å². The largest absolute Gasteiger partial charge is 0.401 e. The Labute approximate surface area is 164 Å². The van der Waals surface area contributed by atoms with Gasteiger partial charge in [-0.25, -0.2) is 23.5 Å². The molecule has 0 aliphatic carbocycles. The zero-order valence-corrected chi connectivity index (χ0v) is 16.2. The fraction of sp³-hybridized carbons (Fsp3) is 0.529. The lowest BCUT2D eigenvalue weighted by Gasteiger charge is -2.35. The Morgan fingerprint density at radius 1 is 1.31 bits per heavy atom. The van der Waals surface area contributed by atoms with Gasteiger partial charge in [-0.1, -0.05) is 0 Å². The van der Waals surface area contributed by atoms with Gasteiger partial charge in [0.2, 0.25) is 10.0 Å². The van der Waals surface area contributed by atoms with E-state index in [4.69, 9.17) is 5.14 Å². The van der Waals surface area contributed by atoms with E-state index in [1.54, 1.807) is 12.4 Å². The summed E-state index contributed by atoms with van der Waals surface area (Å²) in [5, 5.41) is 6.12. The third-order valence-electron chi connectivity index (χ3n) is 5.42. The van der Waals surface area contributed by atoms with Gasteiger partial charge in [-0.3, -0.25) is 4.90 Å². The van der Waals surface area contributed by atoms with Gasteiger partial charge < -0.3 is 9.97 Å². The molecule has 1 saturated heterocycles. The number of aromatic nitrogens is 4. The summed E-state index contributed by atoms with van der Waals surface area (Å²) in [6.45, 7) is -0.467. The molecule has 4 N–H and O–H groups in total. The van der Waals surface area contributed by atoms with Crippen LogP contribution in [0.15, 0.2) is 18.5 Å². The van der Waals surface area contributed by atoms with Gasteiger partial charge >= 0.3 is 6.18 Å². The van der Waals surface area contributed by atoms with Gasteiger partial charge in [0, 0.05) is 17.5 Å².